The van der Waals surface area contributed by atoms with E-state index >= 15 is 0 Å². The molecule has 9 rings (SSSR count). The number of nitrogens with zero attached hydrogens (tertiary/aromatic N) is 2. The number of allylic oxidation sites excluding steroid dienone is 11. The van der Waals surface area contributed by atoms with E-state index in [4.69, 9.17) is 0 Å². The second kappa shape index (κ2) is 14.0. The van der Waals surface area contributed by atoms with Gasteiger partial charge in [-0.15, -0.1) is 0 Å². The molecular formula is C51H42N2. The molecule has 0 spiro atoms. The van der Waals surface area contributed by atoms with Crippen LogP contribution in [0.1, 0.15) is 36.8 Å². The van der Waals surface area contributed by atoms with Gasteiger partial charge in [-0.1, -0.05) is 147 Å². The fourth-order valence-corrected chi connectivity index (χ4v) is 7.92. The third kappa shape index (κ3) is 6.49. The molecule has 0 amide bonds. The average molecular weight is 683 g/mol. The minimum Gasteiger partial charge on any atom is -0.311 e. The molecule has 6 aromatic rings. The summed E-state index contributed by atoms with van der Waals surface area (Å²) >= 11 is 0. The number of benzene rings is 6. The fraction of sp³-hybridized carbons (Fsp3) is 0.0980. The summed E-state index contributed by atoms with van der Waals surface area (Å²) < 4.78 is 0. The van der Waals surface area contributed by atoms with Gasteiger partial charge in [-0.3, -0.25) is 0 Å². The van der Waals surface area contributed by atoms with Crippen LogP contribution in [-0.4, -0.2) is 0 Å². The number of anilines is 5. The first-order chi connectivity index (χ1) is 26.1. The van der Waals surface area contributed by atoms with Crippen molar-refractivity contribution >= 4 is 44.8 Å². The van der Waals surface area contributed by atoms with Crippen molar-refractivity contribution in [1.82, 2.24) is 0 Å². The van der Waals surface area contributed by atoms with Crippen molar-refractivity contribution in [3.63, 3.8) is 0 Å². The lowest BCUT2D eigenvalue weighted by Gasteiger charge is -2.36. The summed E-state index contributed by atoms with van der Waals surface area (Å²) in [7, 11) is 0. The molecule has 256 valence electrons. The monoisotopic (exact) mass is 682 g/mol. The first-order valence-electron chi connectivity index (χ1n) is 18.7. The highest BCUT2D eigenvalue weighted by Gasteiger charge is 2.30. The zero-order chi connectivity index (χ0) is 35.6. The van der Waals surface area contributed by atoms with E-state index in [9.17, 15) is 0 Å². The average Bonchev–Trinajstić information content (AvgIpc) is 3.22. The van der Waals surface area contributed by atoms with E-state index in [1.807, 2.05) is 0 Å². The first kappa shape index (κ1) is 32.5. The fourth-order valence-electron chi connectivity index (χ4n) is 7.92. The molecule has 0 radical (unpaired) electrons. The zero-order valence-electron chi connectivity index (χ0n) is 30.0. The van der Waals surface area contributed by atoms with Crippen LogP contribution in [0.15, 0.2) is 218 Å². The lowest BCUT2D eigenvalue weighted by molar-refractivity contribution is 0.523. The molecule has 53 heavy (non-hydrogen) atoms. The topological polar surface area (TPSA) is 6.48 Å². The van der Waals surface area contributed by atoms with Gasteiger partial charge < -0.3 is 9.80 Å². The summed E-state index contributed by atoms with van der Waals surface area (Å²) in [5.74, 6) is 0.342. The Morgan fingerprint density at radius 3 is 1.89 bits per heavy atom. The molecule has 0 N–H and O–H groups in total. The van der Waals surface area contributed by atoms with Crippen molar-refractivity contribution in [2.45, 2.75) is 25.7 Å². The van der Waals surface area contributed by atoms with Crippen LogP contribution in [0.5, 0.6) is 0 Å². The number of hydrogen-bond acceptors (Lipinski definition) is 2. The second-order valence-electron chi connectivity index (χ2n) is 14.4. The predicted molar refractivity (Wildman–Crippen MR) is 225 cm³/mol. The molecule has 6 aromatic carbocycles. The Morgan fingerprint density at radius 1 is 0.547 bits per heavy atom. The van der Waals surface area contributed by atoms with Crippen LogP contribution in [0.4, 0.5) is 28.4 Å². The molecule has 0 bridgehead atoms. The molecule has 3 aliphatic rings. The minimum absolute atomic E-state index is 0.0621. The Hall–Kier alpha value is -6.38. The number of fused-ring (bicyclic) bond motifs is 2. The molecule has 0 fully saturated rings. The van der Waals surface area contributed by atoms with Gasteiger partial charge in [-0.05, 0) is 113 Å². The van der Waals surface area contributed by atoms with Gasteiger partial charge in [0.05, 0.1) is 0 Å². The Balaban J connectivity index is 0.935. The van der Waals surface area contributed by atoms with Crippen molar-refractivity contribution in [2.75, 3.05) is 9.80 Å². The van der Waals surface area contributed by atoms with Crippen molar-refractivity contribution in [1.29, 1.82) is 0 Å². The molecule has 2 nitrogen and oxygen atoms in total. The van der Waals surface area contributed by atoms with Gasteiger partial charge >= 0.3 is 0 Å². The summed E-state index contributed by atoms with van der Waals surface area (Å²) in [6.07, 6.45) is 22.7. The van der Waals surface area contributed by atoms with Crippen LogP contribution in [-0.2, 0) is 0 Å². The third-order valence-electron chi connectivity index (χ3n) is 11.0. The van der Waals surface area contributed by atoms with E-state index in [1.165, 1.54) is 50.1 Å². The van der Waals surface area contributed by atoms with Gasteiger partial charge in [-0.25, -0.2) is 0 Å². The van der Waals surface area contributed by atoms with Gasteiger partial charge in [-0.2, -0.15) is 0 Å². The number of hydrogen-bond donors (Lipinski definition) is 0. The van der Waals surface area contributed by atoms with E-state index < -0.39 is 0 Å². The van der Waals surface area contributed by atoms with Gasteiger partial charge in [0.2, 0.25) is 0 Å². The van der Waals surface area contributed by atoms with Crippen molar-refractivity contribution in [3.05, 3.63) is 229 Å². The Bertz CT molecular complexity index is 2440. The molecule has 0 heterocycles. The van der Waals surface area contributed by atoms with E-state index in [0.29, 0.717) is 5.92 Å². The minimum atomic E-state index is 0.0621. The predicted octanol–water partition coefficient (Wildman–Crippen LogP) is 13.9. The molecule has 0 saturated carbocycles. The molecule has 3 aliphatic carbocycles. The molecule has 0 aliphatic heterocycles. The highest BCUT2D eigenvalue weighted by Crippen LogP contribution is 2.44. The first-order valence-corrected chi connectivity index (χ1v) is 18.7. The summed E-state index contributed by atoms with van der Waals surface area (Å²) in [5, 5.41) is 2.48. The van der Waals surface area contributed by atoms with Gasteiger partial charge in [0, 0.05) is 45.5 Å². The maximum Gasteiger partial charge on any atom is 0.0468 e. The summed E-state index contributed by atoms with van der Waals surface area (Å²) in [6.45, 7) is 2.33. The van der Waals surface area contributed by atoms with Gasteiger partial charge in [0.25, 0.3) is 0 Å². The molecule has 0 saturated heterocycles. The van der Waals surface area contributed by atoms with Crippen LogP contribution in [0.3, 0.4) is 0 Å². The van der Waals surface area contributed by atoms with Crippen LogP contribution in [0, 0.1) is 5.41 Å². The molecule has 0 aromatic heterocycles. The third-order valence-corrected chi connectivity index (χ3v) is 11.0. The summed E-state index contributed by atoms with van der Waals surface area (Å²) in [4.78, 5) is 4.72. The maximum atomic E-state index is 2.39. The SMILES string of the molecule is CC12C=CC=CC1=CC(N(c1ccccc1)c1ccc(C3C=CC(c4ccc(N(c5ccccc5)c5ccc6ccccc6c5)cc4)=CC3)cc1)=CC2. The standard InChI is InChI=1S/C51H42N2/c1-51-34-11-10-14-44(51)37-50(33-35-51)53(46-17-6-3-7-18-46)48-30-25-42(26-31-48)40-21-19-39(20-22-40)41-23-28-47(29-24-41)52(45-15-4-2-5-16-45)49-32-27-38-12-8-9-13-43(38)36-49/h2-21,23-34,36-37,40H,22,35H2,1H3. The lowest BCUT2D eigenvalue weighted by Crippen LogP contribution is -2.24. The van der Waals surface area contributed by atoms with E-state index in [0.717, 1.165) is 29.9 Å². The van der Waals surface area contributed by atoms with Crippen molar-refractivity contribution in [2.24, 2.45) is 5.41 Å². The Labute approximate surface area is 313 Å². The number of rotatable bonds is 8. The smallest absolute Gasteiger partial charge is 0.0468 e. The van der Waals surface area contributed by atoms with Crippen LogP contribution < -0.4 is 9.80 Å². The maximum absolute atomic E-state index is 2.39. The Kier molecular flexibility index (Phi) is 8.57. The number of para-hydroxylation sites is 2. The normalized spacial score (nSPS) is 18.9. The lowest BCUT2D eigenvalue weighted by atomic mass is 9.73. The highest BCUT2D eigenvalue weighted by atomic mass is 15.1. The highest BCUT2D eigenvalue weighted by molar-refractivity contribution is 5.89. The molecule has 2 unspecified atom stereocenters. The Morgan fingerprint density at radius 2 is 1.17 bits per heavy atom. The van der Waals surface area contributed by atoms with E-state index in [2.05, 4.69) is 223 Å². The van der Waals surface area contributed by atoms with Gasteiger partial charge in [0.1, 0.15) is 0 Å². The molecular weight excluding hydrogens is 641 g/mol. The van der Waals surface area contributed by atoms with Gasteiger partial charge in [0.15, 0.2) is 0 Å². The van der Waals surface area contributed by atoms with Crippen molar-refractivity contribution in [3.8, 4) is 0 Å². The van der Waals surface area contributed by atoms with E-state index in [1.54, 1.807) is 0 Å². The summed E-state index contributed by atoms with van der Waals surface area (Å²) in [6, 6.07) is 54.8. The second-order valence-corrected chi connectivity index (χ2v) is 14.4. The van der Waals surface area contributed by atoms with Crippen LogP contribution >= 0.6 is 0 Å². The largest absolute Gasteiger partial charge is 0.311 e. The zero-order valence-corrected chi connectivity index (χ0v) is 30.0. The van der Waals surface area contributed by atoms with Crippen LogP contribution in [0.25, 0.3) is 16.3 Å². The molecule has 2 atom stereocenters. The quantitative estimate of drug-likeness (QED) is 0.158. The van der Waals surface area contributed by atoms with E-state index in [-0.39, 0.29) is 5.41 Å². The summed E-state index contributed by atoms with van der Waals surface area (Å²) in [5.41, 5.74) is 12.2. The molecule has 2 heteroatoms. The van der Waals surface area contributed by atoms with Crippen molar-refractivity contribution < 1.29 is 0 Å². The van der Waals surface area contributed by atoms with Crippen LogP contribution in [0.2, 0.25) is 0 Å².